The molecule has 0 amide bonds. The van der Waals surface area contributed by atoms with Gasteiger partial charge in [-0.3, -0.25) is 9.80 Å². The van der Waals surface area contributed by atoms with Crippen molar-refractivity contribution in [3.05, 3.63) is 24.2 Å². The van der Waals surface area contributed by atoms with Crippen LogP contribution in [0.15, 0.2) is 22.8 Å². The van der Waals surface area contributed by atoms with Crippen molar-refractivity contribution in [2.24, 2.45) is 5.92 Å². The van der Waals surface area contributed by atoms with Crippen molar-refractivity contribution < 1.29 is 4.42 Å². The van der Waals surface area contributed by atoms with Crippen LogP contribution in [0.25, 0.3) is 0 Å². The molecule has 2 saturated heterocycles. The van der Waals surface area contributed by atoms with E-state index in [1.165, 1.54) is 25.9 Å². The zero-order chi connectivity index (χ0) is 13.8. The molecule has 0 spiro atoms. The maximum atomic E-state index is 5.73. The SMILES string of the molecule is CC1CCN(C(CN2CCNCC2)c2ccco2)CC1. The Morgan fingerprint density at radius 2 is 2.00 bits per heavy atom. The molecule has 0 aromatic carbocycles. The zero-order valence-electron chi connectivity index (χ0n) is 12.6. The van der Waals surface area contributed by atoms with Crippen LogP contribution in [0.1, 0.15) is 31.6 Å². The summed E-state index contributed by atoms with van der Waals surface area (Å²) in [5.41, 5.74) is 0. The quantitative estimate of drug-likeness (QED) is 0.911. The van der Waals surface area contributed by atoms with Gasteiger partial charge in [-0.2, -0.15) is 0 Å². The second-order valence-corrected chi connectivity index (χ2v) is 6.30. The van der Waals surface area contributed by atoms with Gasteiger partial charge < -0.3 is 9.73 Å². The summed E-state index contributed by atoms with van der Waals surface area (Å²) in [5, 5.41) is 3.43. The fourth-order valence-electron chi connectivity index (χ4n) is 3.34. The smallest absolute Gasteiger partial charge is 0.122 e. The summed E-state index contributed by atoms with van der Waals surface area (Å²) in [4.78, 5) is 5.20. The van der Waals surface area contributed by atoms with Gasteiger partial charge in [0.15, 0.2) is 0 Å². The van der Waals surface area contributed by atoms with E-state index in [2.05, 4.69) is 28.1 Å². The predicted molar refractivity (Wildman–Crippen MR) is 80.7 cm³/mol. The number of nitrogens with zero attached hydrogens (tertiary/aromatic N) is 2. The largest absolute Gasteiger partial charge is 0.468 e. The number of hydrogen-bond donors (Lipinski definition) is 1. The Labute approximate surface area is 122 Å². The Morgan fingerprint density at radius 3 is 2.65 bits per heavy atom. The van der Waals surface area contributed by atoms with Gasteiger partial charge in [-0.05, 0) is 44.0 Å². The van der Waals surface area contributed by atoms with Gasteiger partial charge in [-0.1, -0.05) is 6.92 Å². The van der Waals surface area contributed by atoms with E-state index in [0.29, 0.717) is 6.04 Å². The molecule has 1 unspecified atom stereocenters. The minimum absolute atomic E-state index is 0.426. The average molecular weight is 277 g/mol. The van der Waals surface area contributed by atoms with Crippen LogP contribution >= 0.6 is 0 Å². The van der Waals surface area contributed by atoms with Crippen molar-refractivity contribution in [3.8, 4) is 0 Å². The van der Waals surface area contributed by atoms with Gasteiger partial charge in [0.1, 0.15) is 5.76 Å². The monoisotopic (exact) mass is 277 g/mol. The Hall–Kier alpha value is -0.840. The number of piperazine rings is 1. The molecular weight excluding hydrogens is 250 g/mol. The number of rotatable bonds is 4. The number of nitrogens with one attached hydrogen (secondary N) is 1. The molecular formula is C16H27N3O. The third-order valence-electron chi connectivity index (χ3n) is 4.77. The van der Waals surface area contributed by atoms with Crippen LogP contribution in [0.4, 0.5) is 0 Å². The van der Waals surface area contributed by atoms with E-state index in [1.807, 2.05) is 12.3 Å². The normalized spacial score (nSPS) is 24.9. The predicted octanol–water partition coefficient (Wildman–Crippen LogP) is 1.96. The van der Waals surface area contributed by atoms with Crippen molar-refractivity contribution in [2.75, 3.05) is 45.8 Å². The maximum Gasteiger partial charge on any atom is 0.122 e. The van der Waals surface area contributed by atoms with E-state index in [4.69, 9.17) is 4.42 Å². The first-order valence-electron chi connectivity index (χ1n) is 8.03. The Kier molecular flexibility index (Phi) is 4.76. The lowest BCUT2D eigenvalue weighted by atomic mass is 9.97. The molecule has 3 rings (SSSR count). The van der Waals surface area contributed by atoms with Gasteiger partial charge in [0.25, 0.3) is 0 Å². The molecule has 0 bridgehead atoms. The van der Waals surface area contributed by atoms with Gasteiger partial charge in [-0.15, -0.1) is 0 Å². The molecule has 0 saturated carbocycles. The van der Waals surface area contributed by atoms with Crippen molar-refractivity contribution in [3.63, 3.8) is 0 Å². The highest BCUT2D eigenvalue weighted by Gasteiger charge is 2.28. The zero-order valence-corrected chi connectivity index (χ0v) is 12.6. The highest BCUT2D eigenvalue weighted by Crippen LogP contribution is 2.28. The molecule has 2 fully saturated rings. The fraction of sp³-hybridized carbons (Fsp3) is 0.750. The molecule has 1 aromatic rings. The average Bonchev–Trinajstić information content (AvgIpc) is 3.01. The summed E-state index contributed by atoms with van der Waals surface area (Å²) in [6.07, 6.45) is 4.45. The molecule has 112 valence electrons. The van der Waals surface area contributed by atoms with E-state index < -0.39 is 0 Å². The first-order valence-corrected chi connectivity index (χ1v) is 8.03. The molecule has 1 aromatic heterocycles. The highest BCUT2D eigenvalue weighted by molar-refractivity contribution is 5.06. The van der Waals surface area contributed by atoms with Gasteiger partial charge in [0.05, 0.1) is 12.3 Å². The first kappa shape index (κ1) is 14.1. The standard InChI is InChI=1S/C16H27N3O/c1-14-4-8-19(9-5-14)15(16-3-2-12-20-16)13-18-10-6-17-7-11-18/h2-3,12,14-15,17H,4-11,13H2,1H3. The van der Waals surface area contributed by atoms with Crippen LogP contribution in [0, 0.1) is 5.92 Å². The number of piperidine rings is 1. The molecule has 1 atom stereocenters. The lowest BCUT2D eigenvalue weighted by Crippen LogP contribution is -2.48. The van der Waals surface area contributed by atoms with E-state index in [9.17, 15) is 0 Å². The van der Waals surface area contributed by atoms with Crippen LogP contribution in [-0.2, 0) is 0 Å². The van der Waals surface area contributed by atoms with Gasteiger partial charge >= 0.3 is 0 Å². The van der Waals surface area contributed by atoms with Gasteiger partial charge in [0, 0.05) is 32.7 Å². The molecule has 0 radical (unpaired) electrons. The summed E-state index contributed by atoms with van der Waals surface area (Å²) in [6, 6.07) is 4.59. The molecule has 1 N–H and O–H groups in total. The number of likely N-dealkylation sites (tertiary alicyclic amines) is 1. The third kappa shape index (κ3) is 3.43. The van der Waals surface area contributed by atoms with Crippen LogP contribution in [0.5, 0.6) is 0 Å². The Morgan fingerprint density at radius 1 is 1.25 bits per heavy atom. The maximum absolute atomic E-state index is 5.73. The molecule has 0 aliphatic carbocycles. The van der Waals surface area contributed by atoms with Crippen LogP contribution < -0.4 is 5.32 Å². The van der Waals surface area contributed by atoms with Crippen LogP contribution in [-0.4, -0.2) is 55.6 Å². The molecule has 20 heavy (non-hydrogen) atoms. The summed E-state index contributed by atoms with van der Waals surface area (Å²) in [5.74, 6) is 2.01. The van der Waals surface area contributed by atoms with Crippen LogP contribution in [0.3, 0.4) is 0 Å². The highest BCUT2D eigenvalue weighted by atomic mass is 16.3. The molecule has 4 heteroatoms. The second-order valence-electron chi connectivity index (χ2n) is 6.30. The Bertz CT molecular complexity index is 378. The molecule has 2 aliphatic heterocycles. The lowest BCUT2D eigenvalue weighted by Gasteiger charge is -2.39. The van der Waals surface area contributed by atoms with E-state index in [-0.39, 0.29) is 0 Å². The van der Waals surface area contributed by atoms with Crippen molar-refractivity contribution in [1.82, 2.24) is 15.1 Å². The minimum Gasteiger partial charge on any atom is -0.468 e. The molecule has 2 aliphatic rings. The van der Waals surface area contributed by atoms with E-state index in [1.54, 1.807) is 0 Å². The lowest BCUT2D eigenvalue weighted by molar-refractivity contribution is 0.0846. The van der Waals surface area contributed by atoms with Crippen LogP contribution in [0.2, 0.25) is 0 Å². The topological polar surface area (TPSA) is 31.6 Å². The van der Waals surface area contributed by atoms with Gasteiger partial charge in [-0.25, -0.2) is 0 Å². The van der Waals surface area contributed by atoms with Crippen molar-refractivity contribution >= 4 is 0 Å². The Balaban J connectivity index is 1.67. The first-order chi connectivity index (χ1) is 9.83. The second kappa shape index (κ2) is 6.74. The third-order valence-corrected chi connectivity index (χ3v) is 4.77. The summed E-state index contributed by atoms with van der Waals surface area (Å²) < 4.78 is 5.73. The summed E-state index contributed by atoms with van der Waals surface area (Å²) in [6.45, 7) is 10.4. The number of hydrogen-bond acceptors (Lipinski definition) is 4. The van der Waals surface area contributed by atoms with Crippen molar-refractivity contribution in [1.29, 1.82) is 0 Å². The molecule has 4 nitrogen and oxygen atoms in total. The van der Waals surface area contributed by atoms with E-state index >= 15 is 0 Å². The summed E-state index contributed by atoms with van der Waals surface area (Å²) in [7, 11) is 0. The fourth-order valence-corrected chi connectivity index (χ4v) is 3.34. The van der Waals surface area contributed by atoms with Gasteiger partial charge in [0.2, 0.25) is 0 Å². The summed E-state index contributed by atoms with van der Waals surface area (Å²) >= 11 is 0. The van der Waals surface area contributed by atoms with Crippen molar-refractivity contribution in [2.45, 2.75) is 25.8 Å². The molecule has 3 heterocycles. The number of furan rings is 1. The minimum atomic E-state index is 0.426. The van der Waals surface area contributed by atoms with E-state index in [0.717, 1.165) is 44.4 Å².